The second-order valence-electron chi connectivity index (χ2n) is 8.86. The number of aryl methyl sites for hydroxylation is 2. The highest BCUT2D eigenvalue weighted by atomic mass is 32.1. The number of para-hydroxylation sites is 1. The van der Waals surface area contributed by atoms with E-state index < -0.39 is 0 Å². The van der Waals surface area contributed by atoms with E-state index >= 15 is 0 Å². The van der Waals surface area contributed by atoms with Crippen LogP contribution in [-0.4, -0.2) is 24.4 Å². The van der Waals surface area contributed by atoms with Crippen molar-refractivity contribution < 1.29 is 0 Å². The standard InChI is InChI=1S/C30H23N5OS/c1-20-13-14-21(2)25(17-20)28-23(19-34(33-28)24-11-7-4-8-12-24)18-26-29(36)35-30(37-26)31-27(32-35)16-15-22-9-5-3-6-10-22/h3-19H,1-2H3/b16-15+,26-18-. The Balaban J connectivity index is 1.45. The zero-order valence-corrected chi connectivity index (χ0v) is 21.2. The summed E-state index contributed by atoms with van der Waals surface area (Å²) >= 11 is 1.33. The molecule has 0 aliphatic heterocycles. The van der Waals surface area contributed by atoms with Gasteiger partial charge in [0.25, 0.3) is 5.56 Å². The fraction of sp³-hybridized carbons (Fsp3) is 0.0667. The molecule has 0 radical (unpaired) electrons. The Morgan fingerprint density at radius 2 is 1.62 bits per heavy atom. The van der Waals surface area contributed by atoms with Crippen molar-refractivity contribution in [1.82, 2.24) is 24.4 Å². The van der Waals surface area contributed by atoms with E-state index in [1.54, 1.807) is 0 Å². The van der Waals surface area contributed by atoms with Crippen LogP contribution in [0.4, 0.5) is 0 Å². The number of hydrogen-bond donors (Lipinski definition) is 0. The minimum Gasteiger partial charge on any atom is -0.266 e. The molecule has 0 bridgehead atoms. The molecule has 0 aliphatic rings. The van der Waals surface area contributed by atoms with E-state index in [-0.39, 0.29) is 5.56 Å². The van der Waals surface area contributed by atoms with Crippen LogP contribution in [0.5, 0.6) is 0 Å². The first-order valence-corrected chi connectivity index (χ1v) is 12.7. The molecule has 0 fully saturated rings. The highest BCUT2D eigenvalue weighted by Crippen LogP contribution is 2.28. The number of thiazole rings is 1. The lowest BCUT2D eigenvalue weighted by Gasteiger charge is -2.05. The molecule has 3 aromatic heterocycles. The van der Waals surface area contributed by atoms with Gasteiger partial charge in [0.1, 0.15) is 5.69 Å². The first-order valence-electron chi connectivity index (χ1n) is 11.9. The molecular formula is C30H23N5OS. The Morgan fingerprint density at radius 3 is 2.38 bits per heavy atom. The Hall–Kier alpha value is -4.62. The van der Waals surface area contributed by atoms with E-state index in [4.69, 9.17) is 5.10 Å². The molecule has 0 aliphatic carbocycles. The summed E-state index contributed by atoms with van der Waals surface area (Å²) in [6.07, 6.45) is 7.62. The van der Waals surface area contributed by atoms with Crippen molar-refractivity contribution in [1.29, 1.82) is 0 Å². The fourth-order valence-electron chi connectivity index (χ4n) is 4.20. The summed E-state index contributed by atoms with van der Waals surface area (Å²) in [4.78, 5) is 18.4. The van der Waals surface area contributed by atoms with Crippen molar-refractivity contribution in [2.24, 2.45) is 0 Å². The van der Waals surface area contributed by atoms with Crippen molar-refractivity contribution in [3.63, 3.8) is 0 Å². The zero-order chi connectivity index (χ0) is 25.4. The van der Waals surface area contributed by atoms with Gasteiger partial charge in [-0.2, -0.15) is 14.6 Å². The molecule has 0 saturated carbocycles. The van der Waals surface area contributed by atoms with Crippen LogP contribution >= 0.6 is 11.3 Å². The van der Waals surface area contributed by atoms with Crippen molar-refractivity contribution in [2.45, 2.75) is 13.8 Å². The number of nitrogens with zero attached hydrogens (tertiary/aromatic N) is 5. The second kappa shape index (κ2) is 9.44. The van der Waals surface area contributed by atoms with Gasteiger partial charge in [-0.25, -0.2) is 4.68 Å². The Morgan fingerprint density at radius 1 is 0.865 bits per heavy atom. The van der Waals surface area contributed by atoms with E-state index in [2.05, 4.69) is 42.1 Å². The van der Waals surface area contributed by atoms with Gasteiger partial charge in [0.15, 0.2) is 5.82 Å². The molecule has 0 saturated heterocycles. The molecule has 6 rings (SSSR count). The molecule has 0 amide bonds. The van der Waals surface area contributed by atoms with Crippen LogP contribution in [-0.2, 0) is 0 Å². The Kier molecular flexibility index (Phi) is 5.82. The van der Waals surface area contributed by atoms with Gasteiger partial charge in [0.05, 0.1) is 10.2 Å². The third-order valence-corrected chi connectivity index (χ3v) is 7.08. The van der Waals surface area contributed by atoms with Crippen molar-refractivity contribution in [2.75, 3.05) is 0 Å². The number of fused-ring (bicyclic) bond motifs is 1. The van der Waals surface area contributed by atoms with Gasteiger partial charge in [-0.05, 0) is 55.3 Å². The lowest BCUT2D eigenvalue weighted by Crippen LogP contribution is -2.23. The summed E-state index contributed by atoms with van der Waals surface area (Å²) in [7, 11) is 0. The van der Waals surface area contributed by atoms with Gasteiger partial charge >= 0.3 is 0 Å². The number of rotatable bonds is 5. The minimum atomic E-state index is -0.189. The number of hydrogen-bond acceptors (Lipinski definition) is 5. The van der Waals surface area contributed by atoms with E-state index in [9.17, 15) is 4.79 Å². The first-order chi connectivity index (χ1) is 18.0. The molecule has 0 spiro atoms. The topological polar surface area (TPSA) is 65.1 Å². The largest absolute Gasteiger partial charge is 0.291 e. The highest BCUT2D eigenvalue weighted by Gasteiger charge is 2.15. The second-order valence-corrected chi connectivity index (χ2v) is 9.86. The molecule has 37 heavy (non-hydrogen) atoms. The van der Waals surface area contributed by atoms with Gasteiger partial charge in [-0.1, -0.05) is 83.6 Å². The maximum absolute atomic E-state index is 13.3. The lowest BCUT2D eigenvalue weighted by molar-refractivity contribution is 0.884. The highest BCUT2D eigenvalue weighted by molar-refractivity contribution is 7.15. The van der Waals surface area contributed by atoms with Crippen LogP contribution in [0.3, 0.4) is 0 Å². The lowest BCUT2D eigenvalue weighted by atomic mass is 10.0. The maximum atomic E-state index is 13.3. The van der Waals surface area contributed by atoms with Gasteiger partial charge in [0.2, 0.25) is 4.96 Å². The van der Waals surface area contributed by atoms with Crippen LogP contribution in [0.1, 0.15) is 28.1 Å². The molecule has 0 atom stereocenters. The van der Waals surface area contributed by atoms with Gasteiger partial charge in [0, 0.05) is 17.3 Å². The van der Waals surface area contributed by atoms with Crippen LogP contribution < -0.4 is 10.1 Å². The molecule has 0 N–H and O–H groups in total. The van der Waals surface area contributed by atoms with E-state index in [0.29, 0.717) is 15.3 Å². The maximum Gasteiger partial charge on any atom is 0.291 e. The van der Waals surface area contributed by atoms with Gasteiger partial charge < -0.3 is 0 Å². The van der Waals surface area contributed by atoms with Crippen LogP contribution in [0.15, 0.2) is 89.9 Å². The molecular weight excluding hydrogens is 478 g/mol. The van der Waals surface area contributed by atoms with Crippen molar-refractivity contribution in [3.05, 3.63) is 128 Å². The summed E-state index contributed by atoms with van der Waals surface area (Å²) in [6.45, 7) is 4.15. The normalized spacial score (nSPS) is 12.2. The molecule has 7 heteroatoms. The average molecular weight is 502 g/mol. The third kappa shape index (κ3) is 4.52. The zero-order valence-electron chi connectivity index (χ0n) is 20.4. The van der Waals surface area contributed by atoms with E-state index in [1.807, 2.05) is 89.8 Å². The number of aromatic nitrogens is 5. The van der Waals surface area contributed by atoms with Crippen molar-refractivity contribution in [3.8, 4) is 16.9 Å². The summed E-state index contributed by atoms with van der Waals surface area (Å²) in [5, 5.41) is 9.35. The van der Waals surface area contributed by atoms with Crippen LogP contribution in [0.25, 0.3) is 40.1 Å². The minimum absolute atomic E-state index is 0.189. The smallest absolute Gasteiger partial charge is 0.266 e. The summed E-state index contributed by atoms with van der Waals surface area (Å²) in [5.74, 6) is 0.506. The quantitative estimate of drug-likeness (QED) is 0.320. The SMILES string of the molecule is Cc1ccc(C)c(-c2nn(-c3ccccc3)cc2/C=c2\sc3nc(/C=C/c4ccccc4)nn3c2=O)c1. The predicted molar refractivity (Wildman–Crippen MR) is 150 cm³/mol. The van der Waals surface area contributed by atoms with Crippen LogP contribution in [0.2, 0.25) is 0 Å². The van der Waals surface area contributed by atoms with E-state index in [0.717, 1.165) is 39.2 Å². The summed E-state index contributed by atoms with van der Waals surface area (Å²) in [5.41, 5.74) is 6.82. The summed E-state index contributed by atoms with van der Waals surface area (Å²) < 4.78 is 3.80. The molecule has 6 aromatic rings. The van der Waals surface area contributed by atoms with Crippen LogP contribution in [0, 0.1) is 13.8 Å². The van der Waals surface area contributed by atoms with E-state index in [1.165, 1.54) is 15.9 Å². The average Bonchev–Trinajstić information content (AvgIpc) is 3.60. The predicted octanol–water partition coefficient (Wildman–Crippen LogP) is 5.34. The molecule has 3 aromatic carbocycles. The Labute approximate surface area is 217 Å². The first kappa shape index (κ1) is 22.8. The number of benzene rings is 3. The molecule has 180 valence electrons. The summed E-state index contributed by atoms with van der Waals surface area (Å²) in [6, 6.07) is 26.2. The van der Waals surface area contributed by atoms with Crippen molar-refractivity contribution >= 4 is 34.5 Å². The third-order valence-electron chi connectivity index (χ3n) is 6.12. The fourth-order valence-corrected chi connectivity index (χ4v) is 5.11. The Bertz CT molecular complexity index is 1860. The molecule has 0 unspecified atom stereocenters. The van der Waals surface area contributed by atoms with Gasteiger partial charge in [-0.3, -0.25) is 4.79 Å². The monoisotopic (exact) mass is 501 g/mol. The molecule has 6 nitrogen and oxygen atoms in total. The molecule has 3 heterocycles. The van der Waals surface area contributed by atoms with Gasteiger partial charge in [-0.15, -0.1) is 5.10 Å².